The number of ether oxygens (including phenoxy) is 1. The fraction of sp³-hybridized carbons (Fsp3) is 0.375. The third-order valence-corrected chi connectivity index (χ3v) is 3.98. The fourth-order valence-electron chi connectivity index (χ4n) is 2.52. The number of carbonyl (C=O) groups is 1. The summed E-state index contributed by atoms with van der Waals surface area (Å²) in [7, 11) is 1.88. The van der Waals surface area contributed by atoms with Crippen LogP contribution in [0.25, 0.3) is 0 Å². The normalized spacial score (nSPS) is 19.7. The number of nitrogens with zero attached hydrogens (tertiary/aromatic N) is 2. The van der Waals surface area contributed by atoms with Crippen molar-refractivity contribution in [1.29, 1.82) is 0 Å². The van der Waals surface area contributed by atoms with Gasteiger partial charge in [0.25, 0.3) is 0 Å². The first-order chi connectivity index (χ1) is 10.6. The van der Waals surface area contributed by atoms with E-state index >= 15 is 0 Å². The number of hydrogen-bond donors (Lipinski definition) is 1. The SMILES string of the molecule is Cn1cc([C@@H]2C[C@H]2C(=O)NCCOc2cccc(Cl)c2)cn1. The van der Waals surface area contributed by atoms with Gasteiger partial charge in [0.05, 0.1) is 12.7 Å². The van der Waals surface area contributed by atoms with E-state index in [0.29, 0.717) is 29.8 Å². The molecule has 22 heavy (non-hydrogen) atoms. The van der Waals surface area contributed by atoms with Crippen LogP contribution in [0, 0.1) is 5.92 Å². The van der Waals surface area contributed by atoms with Crippen molar-refractivity contribution < 1.29 is 9.53 Å². The predicted molar refractivity (Wildman–Crippen MR) is 84.0 cm³/mol. The Kier molecular flexibility index (Phi) is 4.34. The zero-order valence-corrected chi connectivity index (χ0v) is 13.1. The molecule has 1 amide bonds. The zero-order chi connectivity index (χ0) is 15.5. The molecule has 1 aliphatic carbocycles. The van der Waals surface area contributed by atoms with Gasteiger partial charge >= 0.3 is 0 Å². The summed E-state index contributed by atoms with van der Waals surface area (Å²) in [6.45, 7) is 0.915. The molecule has 0 saturated heterocycles. The molecule has 0 bridgehead atoms. The monoisotopic (exact) mass is 319 g/mol. The molecule has 5 nitrogen and oxygen atoms in total. The van der Waals surface area contributed by atoms with Gasteiger partial charge in [0.1, 0.15) is 12.4 Å². The Morgan fingerprint density at radius 1 is 1.55 bits per heavy atom. The minimum Gasteiger partial charge on any atom is -0.492 e. The van der Waals surface area contributed by atoms with Crippen LogP contribution in [0.5, 0.6) is 5.75 Å². The highest BCUT2D eigenvalue weighted by Crippen LogP contribution is 2.47. The highest BCUT2D eigenvalue weighted by atomic mass is 35.5. The lowest BCUT2D eigenvalue weighted by molar-refractivity contribution is -0.122. The molecule has 1 aliphatic rings. The molecule has 1 N–H and O–H groups in total. The average Bonchev–Trinajstić information content (AvgIpc) is 3.18. The number of halogens is 1. The summed E-state index contributed by atoms with van der Waals surface area (Å²) in [5.74, 6) is 1.17. The molecule has 2 atom stereocenters. The summed E-state index contributed by atoms with van der Waals surface area (Å²) in [6.07, 6.45) is 4.70. The van der Waals surface area contributed by atoms with E-state index in [-0.39, 0.29) is 11.8 Å². The summed E-state index contributed by atoms with van der Waals surface area (Å²) in [6, 6.07) is 7.22. The Morgan fingerprint density at radius 2 is 2.41 bits per heavy atom. The Hall–Kier alpha value is -2.01. The van der Waals surface area contributed by atoms with E-state index in [1.54, 1.807) is 16.8 Å². The van der Waals surface area contributed by atoms with Gasteiger partial charge in [-0.05, 0) is 36.1 Å². The summed E-state index contributed by atoms with van der Waals surface area (Å²) in [5, 5.41) is 7.69. The number of nitrogens with one attached hydrogen (secondary N) is 1. The van der Waals surface area contributed by atoms with Gasteiger partial charge < -0.3 is 10.1 Å². The van der Waals surface area contributed by atoms with Crippen LogP contribution in [-0.2, 0) is 11.8 Å². The van der Waals surface area contributed by atoms with E-state index in [4.69, 9.17) is 16.3 Å². The lowest BCUT2D eigenvalue weighted by atomic mass is 10.2. The third kappa shape index (κ3) is 3.60. The quantitative estimate of drug-likeness (QED) is 0.832. The lowest BCUT2D eigenvalue weighted by Gasteiger charge is -2.07. The maximum absolute atomic E-state index is 12.0. The highest BCUT2D eigenvalue weighted by Gasteiger charge is 2.44. The average molecular weight is 320 g/mol. The van der Waals surface area contributed by atoms with Crippen LogP contribution in [0.1, 0.15) is 17.9 Å². The highest BCUT2D eigenvalue weighted by molar-refractivity contribution is 6.30. The maximum atomic E-state index is 12.0. The van der Waals surface area contributed by atoms with Crippen molar-refractivity contribution in [2.75, 3.05) is 13.2 Å². The van der Waals surface area contributed by atoms with Crippen molar-refractivity contribution >= 4 is 17.5 Å². The summed E-state index contributed by atoms with van der Waals surface area (Å²) >= 11 is 5.88. The van der Waals surface area contributed by atoms with Crippen LogP contribution in [0.4, 0.5) is 0 Å². The molecule has 1 saturated carbocycles. The number of benzene rings is 1. The van der Waals surface area contributed by atoms with Gasteiger partial charge in [0, 0.05) is 24.2 Å². The molecule has 116 valence electrons. The minimum atomic E-state index is 0.0652. The molecular weight excluding hydrogens is 302 g/mol. The molecule has 0 aliphatic heterocycles. The first-order valence-corrected chi connectivity index (χ1v) is 7.66. The van der Waals surface area contributed by atoms with Gasteiger partial charge in [0.15, 0.2) is 0 Å². The van der Waals surface area contributed by atoms with E-state index in [0.717, 1.165) is 12.0 Å². The van der Waals surface area contributed by atoms with E-state index < -0.39 is 0 Å². The molecule has 0 unspecified atom stereocenters. The van der Waals surface area contributed by atoms with E-state index in [9.17, 15) is 4.79 Å². The Bertz CT molecular complexity index is 671. The van der Waals surface area contributed by atoms with Crippen molar-refractivity contribution in [3.05, 3.63) is 47.2 Å². The van der Waals surface area contributed by atoms with Crippen molar-refractivity contribution in [2.45, 2.75) is 12.3 Å². The topological polar surface area (TPSA) is 56.2 Å². The number of aryl methyl sites for hydroxylation is 1. The van der Waals surface area contributed by atoms with Crippen LogP contribution in [0.3, 0.4) is 0 Å². The molecule has 1 heterocycles. The van der Waals surface area contributed by atoms with Crippen LogP contribution < -0.4 is 10.1 Å². The molecule has 6 heteroatoms. The Balaban J connectivity index is 1.39. The molecule has 1 aromatic heterocycles. The molecule has 0 spiro atoms. The molecule has 1 aromatic carbocycles. The van der Waals surface area contributed by atoms with Crippen molar-refractivity contribution in [3.63, 3.8) is 0 Å². The lowest BCUT2D eigenvalue weighted by Crippen LogP contribution is -2.29. The second-order valence-electron chi connectivity index (χ2n) is 5.49. The predicted octanol–water partition coefficient (Wildman–Crippen LogP) is 2.37. The first-order valence-electron chi connectivity index (χ1n) is 7.28. The number of hydrogen-bond acceptors (Lipinski definition) is 3. The number of carbonyl (C=O) groups excluding carboxylic acids is 1. The van der Waals surface area contributed by atoms with Gasteiger partial charge in [-0.3, -0.25) is 9.48 Å². The van der Waals surface area contributed by atoms with Gasteiger partial charge in [-0.25, -0.2) is 0 Å². The van der Waals surface area contributed by atoms with Crippen molar-refractivity contribution in [1.82, 2.24) is 15.1 Å². The Labute approximate surface area is 134 Å². The van der Waals surface area contributed by atoms with E-state index in [1.165, 1.54) is 0 Å². The van der Waals surface area contributed by atoms with Crippen molar-refractivity contribution in [2.24, 2.45) is 13.0 Å². The van der Waals surface area contributed by atoms with E-state index in [2.05, 4.69) is 10.4 Å². The summed E-state index contributed by atoms with van der Waals surface area (Å²) in [4.78, 5) is 12.0. The van der Waals surface area contributed by atoms with Gasteiger partial charge in [-0.1, -0.05) is 17.7 Å². The van der Waals surface area contributed by atoms with Gasteiger partial charge in [-0.15, -0.1) is 0 Å². The third-order valence-electron chi connectivity index (χ3n) is 3.75. The summed E-state index contributed by atoms with van der Waals surface area (Å²) in [5.41, 5.74) is 1.14. The van der Waals surface area contributed by atoms with Gasteiger partial charge in [0.2, 0.25) is 5.91 Å². The zero-order valence-electron chi connectivity index (χ0n) is 12.3. The number of rotatable bonds is 6. The number of amides is 1. The number of aromatic nitrogens is 2. The van der Waals surface area contributed by atoms with Gasteiger partial charge in [-0.2, -0.15) is 5.10 Å². The van der Waals surface area contributed by atoms with Crippen LogP contribution >= 0.6 is 11.6 Å². The molecule has 2 aromatic rings. The smallest absolute Gasteiger partial charge is 0.223 e. The largest absolute Gasteiger partial charge is 0.492 e. The molecule has 3 rings (SSSR count). The second-order valence-corrected chi connectivity index (χ2v) is 5.93. The first kappa shape index (κ1) is 14.9. The maximum Gasteiger partial charge on any atom is 0.223 e. The van der Waals surface area contributed by atoms with Crippen LogP contribution in [-0.4, -0.2) is 28.8 Å². The molecule has 0 radical (unpaired) electrons. The summed E-state index contributed by atoms with van der Waals surface area (Å²) < 4.78 is 7.31. The van der Waals surface area contributed by atoms with E-state index in [1.807, 2.05) is 31.6 Å². The van der Waals surface area contributed by atoms with Crippen LogP contribution in [0.15, 0.2) is 36.7 Å². The minimum absolute atomic E-state index is 0.0652. The fourth-order valence-corrected chi connectivity index (χ4v) is 2.70. The standard InChI is InChI=1S/C16H18ClN3O2/c1-20-10-11(9-19-20)14-8-15(14)16(21)18-5-6-22-13-4-2-3-12(17)7-13/h2-4,7,9-10,14-15H,5-6,8H2,1H3,(H,18,21)/t14-,15+/m0/s1. The Morgan fingerprint density at radius 3 is 3.14 bits per heavy atom. The second kappa shape index (κ2) is 6.40. The van der Waals surface area contributed by atoms with Crippen LogP contribution in [0.2, 0.25) is 5.02 Å². The van der Waals surface area contributed by atoms with Crippen molar-refractivity contribution in [3.8, 4) is 5.75 Å². The molecule has 1 fully saturated rings. The molecular formula is C16H18ClN3O2.